The van der Waals surface area contributed by atoms with Gasteiger partial charge in [-0.3, -0.25) is 14.9 Å². The van der Waals surface area contributed by atoms with E-state index in [9.17, 15) is 14.4 Å². The van der Waals surface area contributed by atoms with E-state index in [1.165, 1.54) is 6.92 Å². The lowest BCUT2D eigenvalue weighted by Crippen LogP contribution is -2.29. The van der Waals surface area contributed by atoms with Gasteiger partial charge in [-0.05, 0) is 38.1 Å². The zero-order chi connectivity index (χ0) is 21.2. The Kier molecular flexibility index (Phi) is 8.12. The first-order valence-electron chi connectivity index (χ1n) is 8.64. The molecule has 1 aromatic carbocycles. The zero-order valence-electron chi connectivity index (χ0n) is 15.8. The highest BCUT2D eigenvalue weighted by Gasteiger charge is 2.18. The van der Waals surface area contributed by atoms with Crippen LogP contribution in [0.5, 0.6) is 5.75 Å². The van der Waals surface area contributed by atoms with Crippen LogP contribution < -0.4 is 10.1 Å². The third kappa shape index (κ3) is 7.23. The van der Waals surface area contributed by atoms with Gasteiger partial charge in [0.2, 0.25) is 0 Å². The average Bonchev–Trinajstić information content (AvgIpc) is 3.13. The predicted octanol–water partition coefficient (Wildman–Crippen LogP) is 2.07. The standard InChI is InChI=1S/C19H19N3O6S/c1-3-26-17(24)8-14-11-29-19(21-14)22-16(23)10-27-18(25)12(2)28-15-6-4-13(9-20)5-7-15/h4-7,11-12H,3,8,10H2,1-2H3,(H,21,22,23)/t12-/m0/s1. The van der Waals surface area contributed by atoms with Crippen LogP contribution in [0.1, 0.15) is 25.1 Å². The van der Waals surface area contributed by atoms with Crippen molar-refractivity contribution in [3.8, 4) is 11.8 Å². The van der Waals surface area contributed by atoms with E-state index in [0.717, 1.165) is 11.3 Å². The molecule has 2 aromatic rings. The van der Waals surface area contributed by atoms with E-state index in [0.29, 0.717) is 17.0 Å². The number of nitrogens with one attached hydrogen (secondary N) is 1. The highest BCUT2D eigenvalue weighted by Crippen LogP contribution is 2.16. The smallest absolute Gasteiger partial charge is 0.347 e. The Hall–Kier alpha value is -3.45. The number of thiazole rings is 1. The van der Waals surface area contributed by atoms with Crippen LogP contribution in [0.2, 0.25) is 0 Å². The molecule has 1 aromatic heterocycles. The van der Waals surface area contributed by atoms with Gasteiger partial charge in [0.15, 0.2) is 17.8 Å². The molecule has 2 rings (SSSR count). The average molecular weight is 417 g/mol. The third-order valence-corrected chi connectivity index (χ3v) is 4.21. The predicted molar refractivity (Wildman–Crippen MR) is 103 cm³/mol. The van der Waals surface area contributed by atoms with E-state index >= 15 is 0 Å². The molecule has 9 nitrogen and oxygen atoms in total. The summed E-state index contributed by atoms with van der Waals surface area (Å²) in [4.78, 5) is 39.4. The number of ether oxygens (including phenoxy) is 3. The summed E-state index contributed by atoms with van der Waals surface area (Å²) in [6.45, 7) is 2.97. The minimum absolute atomic E-state index is 0.0133. The summed E-state index contributed by atoms with van der Waals surface area (Å²) in [5.74, 6) is -1.29. The lowest BCUT2D eigenvalue weighted by molar-refractivity contribution is -0.153. The largest absolute Gasteiger partial charge is 0.479 e. The van der Waals surface area contributed by atoms with Crippen LogP contribution in [0.3, 0.4) is 0 Å². The van der Waals surface area contributed by atoms with Crippen LogP contribution in [-0.4, -0.2) is 42.1 Å². The molecule has 0 spiro atoms. The Balaban J connectivity index is 1.76. The van der Waals surface area contributed by atoms with Crippen molar-refractivity contribution in [3.63, 3.8) is 0 Å². The molecular weight excluding hydrogens is 398 g/mol. The second-order valence-corrected chi connectivity index (χ2v) is 6.54. The highest BCUT2D eigenvalue weighted by molar-refractivity contribution is 7.13. The number of aromatic nitrogens is 1. The van der Waals surface area contributed by atoms with Crippen molar-refractivity contribution in [2.45, 2.75) is 26.4 Å². The van der Waals surface area contributed by atoms with E-state index in [2.05, 4.69) is 10.3 Å². The third-order valence-electron chi connectivity index (χ3n) is 3.40. The van der Waals surface area contributed by atoms with Gasteiger partial charge in [0, 0.05) is 5.38 Å². The molecule has 0 aliphatic rings. The number of amides is 1. The normalized spacial score (nSPS) is 11.1. The van der Waals surface area contributed by atoms with Crippen LogP contribution in [0.25, 0.3) is 0 Å². The molecule has 29 heavy (non-hydrogen) atoms. The number of rotatable bonds is 9. The van der Waals surface area contributed by atoms with Crippen LogP contribution in [0, 0.1) is 11.3 Å². The molecule has 0 saturated carbocycles. The molecule has 0 aliphatic carbocycles. The summed E-state index contributed by atoms with van der Waals surface area (Å²) in [7, 11) is 0. The topological polar surface area (TPSA) is 128 Å². The van der Waals surface area contributed by atoms with Crippen molar-refractivity contribution in [2.24, 2.45) is 0 Å². The number of nitriles is 1. The molecular formula is C19H19N3O6S. The minimum atomic E-state index is -0.938. The van der Waals surface area contributed by atoms with Crippen molar-refractivity contribution in [2.75, 3.05) is 18.5 Å². The summed E-state index contributed by atoms with van der Waals surface area (Å²) in [6, 6.07) is 8.22. The number of carbonyl (C=O) groups excluding carboxylic acids is 3. The van der Waals surface area contributed by atoms with E-state index in [4.69, 9.17) is 19.5 Å². The van der Waals surface area contributed by atoms with Crippen molar-refractivity contribution in [1.82, 2.24) is 4.98 Å². The fraction of sp³-hybridized carbons (Fsp3) is 0.316. The number of carbonyl (C=O) groups is 3. The molecule has 0 saturated heterocycles. The number of hydrogen-bond acceptors (Lipinski definition) is 9. The monoisotopic (exact) mass is 417 g/mol. The van der Waals surface area contributed by atoms with Gasteiger partial charge >= 0.3 is 11.9 Å². The molecule has 1 N–H and O–H groups in total. The highest BCUT2D eigenvalue weighted by atomic mass is 32.1. The van der Waals surface area contributed by atoms with Gasteiger partial charge in [-0.15, -0.1) is 11.3 Å². The van der Waals surface area contributed by atoms with E-state index in [-0.39, 0.29) is 18.2 Å². The van der Waals surface area contributed by atoms with E-state index < -0.39 is 30.6 Å². The van der Waals surface area contributed by atoms with Gasteiger partial charge in [0.25, 0.3) is 5.91 Å². The molecule has 10 heteroatoms. The van der Waals surface area contributed by atoms with Gasteiger partial charge < -0.3 is 14.2 Å². The Morgan fingerprint density at radius 3 is 2.62 bits per heavy atom. The molecule has 0 bridgehead atoms. The summed E-state index contributed by atoms with van der Waals surface area (Å²) in [5, 5.41) is 13.2. The van der Waals surface area contributed by atoms with Crippen LogP contribution in [0.4, 0.5) is 5.13 Å². The van der Waals surface area contributed by atoms with E-state index in [1.807, 2.05) is 6.07 Å². The first-order valence-corrected chi connectivity index (χ1v) is 9.52. The van der Waals surface area contributed by atoms with Crippen molar-refractivity contribution >= 4 is 34.3 Å². The second kappa shape index (κ2) is 10.8. The lowest BCUT2D eigenvalue weighted by Gasteiger charge is -2.13. The maximum absolute atomic E-state index is 12.0. The second-order valence-electron chi connectivity index (χ2n) is 5.68. The van der Waals surface area contributed by atoms with E-state index in [1.54, 1.807) is 36.6 Å². The van der Waals surface area contributed by atoms with Crippen LogP contribution in [-0.2, 0) is 30.3 Å². The molecule has 0 unspecified atom stereocenters. The van der Waals surface area contributed by atoms with Crippen LogP contribution in [0.15, 0.2) is 29.6 Å². The van der Waals surface area contributed by atoms with Crippen molar-refractivity contribution < 1.29 is 28.6 Å². The minimum Gasteiger partial charge on any atom is -0.479 e. The molecule has 1 heterocycles. The van der Waals surface area contributed by atoms with Gasteiger partial charge in [-0.2, -0.15) is 5.26 Å². The number of nitrogens with zero attached hydrogens (tertiary/aromatic N) is 2. The molecule has 152 valence electrons. The zero-order valence-corrected chi connectivity index (χ0v) is 16.7. The summed E-state index contributed by atoms with van der Waals surface area (Å²) in [6.07, 6.45) is -0.925. The number of esters is 2. The maximum atomic E-state index is 12.0. The molecule has 0 radical (unpaired) electrons. The van der Waals surface area contributed by atoms with Gasteiger partial charge in [-0.25, -0.2) is 9.78 Å². The fourth-order valence-electron chi connectivity index (χ4n) is 2.08. The van der Waals surface area contributed by atoms with Gasteiger partial charge in [0.05, 0.1) is 30.4 Å². The molecule has 1 amide bonds. The first-order chi connectivity index (χ1) is 13.9. The Morgan fingerprint density at radius 2 is 1.97 bits per heavy atom. The Bertz CT molecular complexity index is 903. The summed E-state index contributed by atoms with van der Waals surface area (Å²) < 4.78 is 15.2. The SMILES string of the molecule is CCOC(=O)Cc1csc(NC(=O)COC(=O)[C@H](C)Oc2ccc(C#N)cc2)n1. The number of benzene rings is 1. The maximum Gasteiger partial charge on any atom is 0.347 e. The number of hydrogen-bond donors (Lipinski definition) is 1. The van der Waals surface area contributed by atoms with Gasteiger partial charge in [0.1, 0.15) is 5.75 Å². The fourth-order valence-corrected chi connectivity index (χ4v) is 2.80. The number of anilines is 1. The molecule has 0 aliphatic heterocycles. The first kappa shape index (κ1) is 21.8. The van der Waals surface area contributed by atoms with Crippen LogP contribution >= 0.6 is 11.3 Å². The Morgan fingerprint density at radius 1 is 1.24 bits per heavy atom. The molecule has 1 atom stereocenters. The molecule has 0 fully saturated rings. The Labute approximate surface area is 171 Å². The van der Waals surface area contributed by atoms with Crippen molar-refractivity contribution in [1.29, 1.82) is 5.26 Å². The van der Waals surface area contributed by atoms with Gasteiger partial charge in [-0.1, -0.05) is 0 Å². The van der Waals surface area contributed by atoms with Crippen molar-refractivity contribution in [3.05, 3.63) is 40.9 Å². The summed E-state index contributed by atoms with van der Waals surface area (Å²) >= 11 is 1.14. The quantitative estimate of drug-likeness (QED) is 0.614. The lowest BCUT2D eigenvalue weighted by atomic mass is 10.2. The summed E-state index contributed by atoms with van der Waals surface area (Å²) in [5.41, 5.74) is 0.946.